The molecule has 0 spiro atoms. The average Bonchev–Trinajstić information content (AvgIpc) is 2.08. The van der Waals surface area contributed by atoms with Crippen LogP contribution < -0.4 is 18.9 Å². The van der Waals surface area contributed by atoms with E-state index in [1.54, 1.807) is 0 Å². The van der Waals surface area contributed by atoms with Gasteiger partial charge >= 0.3 is 30.3 Å². The van der Waals surface area contributed by atoms with Crippen LogP contribution in [0.4, 0.5) is 26.3 Å². The molecule has 0 bridgehead atoms. The summed E-state index contributed by atoms with van der Waals surface area (Å²) >= 11 is 0. The van der Waals surface area contributed by atoms with Gasteiger partial charge in [-0.1, -0.05) is 0 Å². The molecule has 0 aliphatic carbocycles. The van der Waals surface area contributed by atoms with Gasteiger partial charge in [0.2, 0.25) is 0 Å². The molecule has 0 heterocycles. The maximum atomic E-state index is 12.7. The van der Waals surface area contributed by atoms with Crippen LogP contribution in [0.25, 0.3) is 0 Å². The van der Waals surface area contributed by atoms with Crippen molar-refractivity contribution in [2.75, 3.05) is 0 Å². The van der Waals surface area contributed by atoms with Gasteiger partial charge in [0, 0.05) is 6.42 Å². The van der Waals surface area contributed by atoms with Crippen molar-refractivity contribution in [3.8, 4) is 0 Å². The Bertz CT molecular complexity index is 342. The van der Waals surface area contributed by atoms with Crippen LogP contribution in [0.5, 0.6) is 0 Å². The number of unbranched alkanes of at least 4 members (excludes halogenated alkanes) is 1. The topological polar surface area (TPSA) is 57.2 Å². The van der Waals surface area contributed by atoms with Crippen LogP contribution in [-0.2, 0) is 10.1 Å². The van der Waals surface area contributed by atoms with Crippen molar-refractivity contribution in [3.63, 3.8) is 0 Å². The zero-order valence-corrected chi connectivity index (χ0v) is 10.1. The molecule has 0 aromatic heterocycles. The molecule has 0 saturated carbocycles. The van der Waals surface area contributed by atoms with Crippen molar-refractivity contribution in [2.24, 2.45) is 0 Å². The second-order valence-electron chi connectivity index (χ2n) is 3.34. The maximum Gasteiger partial charge on any atom is 1.00 e. The Balaban J connectivity index is 0. The molecule has 0 saturated heterocycles. The standard InChI is InChI=1S/C7H10F6O3S.Li/c8-5(7(12,13)17(14,15)16)3-1-2-4-6(9,10)11;/h5H,1-4H2,(H,14,15,16);/q;+1/p-1. The number of rotatable bonds is 6. The van der Waals surface area contributed by atoms with E-state index in [1.165, 1.54) is 0 Å². The summed E-state index contributed by atoms with van der Waals surface area (Å²) in [5, 5.41) is -5.11. The van der Waals surface area contributed by atoms with Crippen LogP contribution in [0, 0.1) is 0 Å². The molecule has 0 aliphatic heterocycles. The fourth-order valence-electron chi connectivity index (χ4n) is 0.974. The Morgan fingerprint density at radius 2 is 1.50 bits per heavy atom. The summed E-state index contributed by atoms with van der Waals surface area (Å²) in [5.74, 6) is 0. The predicted molar refractivity (Wildman–Crippen MR) is 44.1 cm³/mol. The Hall–Kier alpha value is 0.0874. The van der Waals surface area contributed by atoms with E-state index in [0.717, 1.165) is 0 Å². The molecular weight excluding hydrogens is 285 g/mol. The van der Waals surface area contributed by atoms with Crippen molar-refractivity contribution >= 4 is 10.1 Å². The zero-order valence-electron chi connectivity index (χ0n) is 9.31. The largest absolute Gasteiger partial charge is 1.00 e. The van der Waals surface area contributed by atoms with Gasteiger partial charge in [-0.05, 0) is 19.3 Å². The zero-order chi connectivity index (χ0) is 13.9. The Morgan fingerprint density at radius 3 is 1.83 bits per heavy atom. The first-order chi connectivity index (χ1) is 7.38. The van der Waals surface area contributed by atoms with Gasteiger partial charge < -0.3 is 4.55 Å². The van der Waals surface area contributed by atoms with E-state index in [-0.39, 0.29) is 18.9 Å². The summed E-state index contributed by atoms with van der Waals surface area (Å²) in [6.45, 7) is 0. The fourth-order valence-corrected chi connectivity index (χ4v) is 1.40. The molecule has 0 fully saturated rings. The van der Waals surface area contributed by atoms with Gasteiger partial charge in [-0.3, -0.25) is 0 Å². The number of alkyl halides is 6. The number of hydrogen-bond acceptors (Lipinski definition) is 3. The normalized spacial score (nSPS) is 15.1. The van der Waals surface area contributed by atoms with Crippen LogP contribution in [0.1, 0.15) is 25.7 Å². The predicted octanol–water partition coefficient (Wildman–Crippen LogP) is -0.411. The molecule has 1 atom stereocenters. The second-order valence-corrected chi connectivity index (χ2v) is 4.80. The Labute approximate surface area is 112 Å². The van der Waals surface area contributed by atoms with Gasteiger partial charge in [0.1, 0.15) is 0 Å². The molecule has 0 radical (unpaired) electrons. The SMILES string of the molecule is O=S(=O)([O-])C(F)(F)C(F)CCCCC(F)(F)F.[Li+]. The quantitative estimate of drug-likeness (QED) is 0.290. The van der Waals surface area contributed by atoms with E-state index >= 15 is 0 Å². The van der Waals surface area contributed by atoms with E-state index in [0.29, 0.717) is 0 Å². The van der Waals surface area contributed by atoms with Gasteiger partial charge in [0.25, 0.3) is 0 Å². The van der Waals surface area contributed by atoms with E-state index in [1.807, 2.05) is 0 Å². The molecule has 1 unspecified atom stereocenters. The third kappa shape index (κ3) is 6.87. The summed E-state index contributed by atoms with van der Waals surface area (Å²) in [6, 6.07) is 0. The van der Waals surface area contributed by atoms with Crippen molar-refractivity contribution < 1.29 is 58.2 Å². The van der Waals surface area contributed by atoms with Crippen LogP contribution in [0.3, 0.4) is 0 Å². The first kappa shape index (κ1) is 20.4. The van der Waals surface area contributed by atoms with Crippen molar-refractivity contribution in [3.05, 3.63) is 0 Å². The first-order valence-electron chi connectivity index (χ1n) is 4.42. The van der Waals surface area contributed by atoms with Gasteiger partial charge in [-0.25, -0.2) is 12.8 Å². The van der Waals surface area contributed by atoms with E-state index in [2.05, 4.69) is 0 Å². The molecule has 0 rings (SSSR count). The molecule has 0 aromatic rings. The molecular formula is C7H9F6LiO3S. The minimum Gasteiger partial charge on any atom is -0.743 e. The van der Waals surface area contributed by atoms with Crippen LogP contribution in [0.2, 0.25) is 0 Å². The summed E-state index contributed by atoms with van der Waals surface area (Å²) < 4.78 is 102. The molecule has 0 N–H and O–H groups in total. The van der Waals surface area contributed by atoms with E-state index in [9.17, 15) is 39.3 Å². The van der Waals surface area contributed by atoms with Crippen LogP contribution >= 0.6 is 0 Å². The molecule has 0 aliphatic rings. The smallest absolute Gasteiger partial charge is 0.743 e. The minimum atomic E-state index is -6.15. The maximum absolute atomic E-state index is 12.7. The Kier molecular flexibility index (Phi) is 7.97. The van der Waals surface area contributed by atoms with Crippen molar-refractivity contribution in [2.45, 2.75) is 43.3 Å². The van der Waals surface area contributed by atoms with Crippen LogP contribution in [0.15, 0.2) is 0 Å². The minimum absolute atomic E-state index is 0. The number of hydrogen-bond donors (Lipinski definition) is 0. The molecule has 0 aromatic carbocycles. The van der Waals surface area contributed by atoms with Gasteiger partial charge in [-0.2, -0.15) is 22.0 Å². The van der Waals surface area contributed by atoms with Crippen molar-refractivity contribution in [1.82, 2.24) is 0 Å². The third-order valence-electron chi connectivity index (χ3n) is 1.87. The first-order valence-corrected chi connectivity index (χ1v) is 5.83. The fraction of sp³-hybridized carbons (Fsp3) is 1.00. The molecule has 18 heavy (non-hydrogen) atoms. The molecule has 104 valence electrons. The van der Waals surface area contributed by atoms with E-state index in [4.69, 9.17) is 0 Å². The van der Waals surface area contributed by atoms with Crippen LogP contribution in [-0.4, -0.2) is 30.6 Å². The second kappa shape index (κ2) is 7.03. The monoisotopic (exact) mass is 294 g/mol. The van der Waals surface area contributed by atoms with Gasteiger partial charge in [-0.15, -0.1) is 0 Å². The third-order valence-corrected chi connectivity index (χ3v) is 2.79. The molecule has 3 nitrogen and oxygen atoms in total. The molecule has 11 heteroatoms. The summed E-state index contributed by atoms with van der Waals surface area (Å²) in [4.78, 5) is 0. The van der Waals surface area contributed by atoms with Gasteiger partial charge in [0.05, 0.1) is 0 Å². The number of halogens is 6. The van der Waals surface area contributed by atoms with Gasteiger partial charge in [0.15, 0.2) is 16.3 Å². The summed E-state index contributed by atoms with van der Waals surface area (Å²) in [7, 11) is -6.15. The van der Waals surface area contributed by atoms with E-state index < -0.39 is 53.4 Å². The average molecular weight is 294 g/mol. The van der Waals surface area contributed by atoms with Crippen molar-refractivity contribution in [1.29, 1.82) is 0 Å². The molecule has 0 amide bonds. The Morgan fingerprint density at radius 1 is 1.06 bits per heavy atom. The summed E-state index contributed by atoms with van der Waals surface area (Å²) in [6.07, 6.45) is -11.4. The summed E-state index contributed by atoms with van der Waals surface area (Å²) in [5.41, 5.74) is 0.